The van der Waals surface area contributed by atoms with Gasteiger partial charge in [0.2, 0.25) is 5.91 Å². The molecule has 0 fully saturated rings. The highest BCUT2D eigenvalue weighted by Crippen LogP contribution is 2.27. The average molecular weight is 425 g/mol. The smallest absolute Gasteiger partial charge is 0.250 e. The summed E-state index contributed by atoms with van der Waals surface area (Å²) in [4.78, 5) is 16.8. The second-order valence-electron chi connectivity index (χ2n) is 7.63. The maximum Gasteiger partial charge on any atom is 0.250 e. The third-order valence-corrected chi connectivity index (χ3v) is 5.81. The number of hydrogen-bond donors (Lipinski definition) is 1. The second-order valence-corrected chi connectivity index (χ2v) is 8.48. The van der Waals surface area contributed by atoms with E-state index < -0.39 is 0 Å². The van der Waals surface area contributed by atoms with Crippen molar-refractivity contribution in [1.29, 1.82) is 0 Å². The number of nitrogens with one attached hydrogen (secondary N) is 1. The minimum absolute atomic E-state index is 0.187. The molecule has 154 valence electrons. The summed E-state index contributed by atoms with van der Waals surface area (Å²) in [6, 6.07) is 26.8. The number of nitrogens with zero attached hydrogens (tertiary/aromatic N) is 1. The van der Waals surface area contributed by atoms with Crippen molar-refractivity contribution in [1.82, 2.24) is 4.98 Å². The summed E-state index contributed by atoms with van der Waals surface area (Å²) in [6.07, 6.45) is 3.36. The number of rotatable bonds is 6. The molecule has 0 aliphatic heterocycles. The van der Waals surface area contributed by atoms with E-state index >= 15 is 0 Å². The van der Waals surface area contributed by atoms with Crippen molar-refractivity contribution in [3.63, 3.8) is 0 Å². The Balaban J connectivity index is 1.39. The second kappa shape index (κ2) is 9.54. The van der Waals surface area contributed by atoms with Crippen LogP contribution in [0.2, 0.25) is 0 Å². The molecule has 31 heavy (non-hydrogen) atoms. The Hall–Kier alpha value is -3.50. The molecule has 0 saturated carbocycles. The van der Waals surface area contributed by atoms with E-state index in [0.29, 0.717) is 11.0 Å². The van der Waals surface area contributed by atoms with Crippen LogP contribution in [0, 0.1) is 0 Å². The van der Waals surface area contributed by atoms with Crippen LogP contribution in [0.15, 0.2) is 90.3 Å². The quantitative estimate of drug-likeness (QED) is 0.331. The predicted octanol–water partition coefficient (Wildman–Crippen LogP) is 7.25. The van der Waals surface area contributed by atoms with Gasteiger partial charge in [-0.15, -0.1) is 11.3 Å². The first kappa shape index (κ1) is 20.8. The minimum atomic E-state index is -0.187. The van der Waals surface area contributed by atoms with Gasteiger partial charge in [-0.2, -0.15) is 0 Å². The molecule has 1 aromatic heterocycles. The topological polar surface area (TPSA) is 42.0 Å². The van der Waals surface area contributed by atoms with Gasteiger partial charge in [-0.1, -0.05) is 92.7 Å². The van der Waals surface area contributed by atoms with Crippen LogP contribution in [0.25, 0.3) is 28.5 Å². The highest BCUT2D eigenvalue weighted by Gasteiger charge is 2.07. The van der Waals surface area contributed by atoms with Gasteiger partial charge in [0.15, 0.2) is 5.13 Å². The Kier molecular flexibility index (Phi) is 6.39. The monoisotopic (exact) mass is 424 g/mol. The maximum absolute atomic E-state index is 12.3. The Morgan fingerprint density at radius 2 is 1.52 bits per heavy atom. The summed E-state index contributed by atoms with van der Waals surface area (Å²) in [5.41, 5.74) is 6.52. The van der Waals surface area contributed by atoms with Crippen molar-refractivity contribution >= 4 is 28.5 Å². The van der Waals surface area contributed by atoms with Gasteiger partial charge in [0, 0.05) is 17.0 Å². The van der Waals surface area contributed by atoms with E-state index in [9.17, 15) is 4.79 Å². The first-order valence-corrected chi connectivity index (χ1v) is 11.2. The largest absolute Gasteiger partial charge is 0.298 e. The number of carbonyl (C=O) groups excluding carboxylic acids is 1. The number of carbonyl (C=O) groups is 1. The van der Waals surface area contributed by atoms with Crippen LogP contribution in [-0.4, -0.2) is 10.9 Å². The lowest BCUT2D eigenvalue weighted by Crippen LogP contribution is -2.07. The average Bonchev–Trinajstić information content (AvgIpc) is 3.27. The summed E-state index contributed by atoms with van der Waals surface area (Å²) in [6.45, 7) is 4.33. The number of aromatic nitrogens is 1. The Labute approximate surface area is 187 Å². The van der Waals surface area contributed by atoms with Crippen LogP contribution in [0.3, 0.4) is 0 Å². The van der Waals surface area contributed by atoms with Gasteiger partial charge in [0.1, 0.15) is 0 Å². The maximum atomic E-state index is 12.3. The van der Waals surface area contributed by atoms with Crippen molar-refractivity contribution in [3.05, 3.63) is 101 Å². The van der Waals surface area contributed by atoms with Gasteiger partial charge in [-0.05, 0) is 34.2 Å². The Morgan fingerprint density at radius 1 is 0.871 bits per heavy atom. The molecule has 0 unspecified atom stereocenters. The lowest BCUT2D eigenvalue weighted by Gasteiger charge is -2.04. The molecule has 4 aromatic rings. The summed E-state index contributed by atoms with van der Waals surface area (Å²) >= 11 is 1.42. The highest BCUT2D eigenvalue weighted by molar-refractivity contribution is 7.14. The molecule has 0 aliphatic carbocycles. The molecule has 1 heterocycles. The van der Waals surface area contributed by atoms with E-state index in [1.165, 1.54) is 28.0 Å². The molecule has 4 heteroatoms. The number of hydrogen-bond acceptors (Lipinski definition) is 3. The first-order chi connectivity index (χ1) is 15.1. The molecular formula is C27H24N2OS. The normalized spacial score (nSPS) is 11.2. The van der Waals surface area contributed by atoms with Crippen LogP contribution in [0.1, 0.15) is 30.9 Å². The lowest BCUT2D eigenvalue weighted by atomic mass is 10.0. The molecule has 3 nitrogen and oxygen atoms in total. The van der Waals surface area contributed by atoms with E-state index in [0.717, 1.165) is 16.8 Å². The third kappa shape index (κ3) is 5.36. The number of thiazole rings is 1. The van der Waals surface area contributed by atoms with Crippen LogP contribution in [0.4, 0.5) is 5.13 Å². The SMILES string of the molecule is CC(C)c1ccc(/C=C/C(=O)Nc2nc(-c3ccc(-c4ccccc4)cc3)cs2)cc1. The fraction of sp³-hybridized carbons (Fsp3) is 0.111. The highest BCUT2D eigenvalue weighted by atomic mass is 32.1. The number of benzene rings is 3. The summed E-state index contributed by atoms with van der Waals surface area (Å²) in [7, 11) is 0. The van der Waals surface area contributed by atoms with E-state index in [4.69, 9.17) is 0 Å². The molecule has 0 aliphatic rings. The van der Waals surface area contributed by atoms with E-state index in [1.807, 2.05) is 41.8 Å². The molecule has 3 aromatic carbocycles. The van der Waals surface area contributed by atoms with Crippen molar-refractivity contribution in [2.24, 2.45) is 0 Å². The Bertz CT molecular complexity index is 1170. The molecule has 4 rings (SSSR count). The summed E-state index contributed by atoms with van der Waals surface area (Å²) < 4.78 is 0. The summed E-state index contributed by atoms with van der Waals surface area (Å²) in [5.74, 6) is 0.309. The zero-order valence-corrected chi connectivity index (χ0v) is 18.4. The van der Waals surface area contributed by atoms with Crippen LogP contribution < -0.4 is 5.32 Å². The van der Waals surface area contributed by atoms with Crippen LogP contribution >= 0.6 is 11.3 Å². The van der Waals surface area contributed by atoms with Gasteiger partial charge in [-0.3, -0.25) is 10.1 Å². The van der Waals surface area contributed by atoms with E-state index in [2.05, 4.69) is 72.7 Å². The fourth-order valence-electron chi connectivity index (χ4n) is 3.24. The van der Waals surface area contributed by atoms with Crippen molar-refractivity contribution in [2.45, 2.75) is 19.8 Å². The molecule has 0 saturated heterocycles. The van der Waals surface area contributed by atoms with Gasteiger partial charge in [-0.25, -0.2) is 4.98 Å². The standard InChI is InChI=1S/C27H24N2OS/c1-19(2)21-11-8-20(9-12-21)10-17-26(30)29-27-28-25(18-31-27)24-15-13-23(14-16-24)22-6-4-3-5-7-22/h3-19H,1-2H3,(H,28,29,30)/b17-10+. The van der Waals surface area contributed by atoms with Gasteiger partial charge in [0.05, 0.1) is 5.69 Å². The number of anilines is 1. The van der Waals surface area contributed by atoms with Crippen molar-refractivity contribution < 1.29 is 4.79 Å². The third-order valence-electron chi connectivity index (χ3n) is 5.05. The van der Waals surface area contributed by atoms with Crippen LogP contribution in [-0.2, 0) is 4.79 Å². The van der Waals surface area contributed by atoms with Crippen molar-refractivity contribution in [2.75, 3.05) is 5.32 Å². The number of amides is 1. The van der Waals surface area contributed by atoms with Gasteiger partial charge < -0.3 is 0 Å². The lowest BCUT2D eigenvalue weighted by molar-refractivity contribution is -0.111. The van der Waals surface area contributed by atoms with Gasteiger partial charge >= 0.3 is 0 Å². The molecule has 0 radical (unpaired) electrons. The van der Waals surface area contributed by atoms with Gasteiger partial charge in [0.25, 0.3) is 0 Å². The molecule has 1 N–H and O–H groups in total. The molecule has 0 bridgehead atoms. The van der Waals surface area contributed by atoms with Crippen molar-refractivity contribution in [3.8, 4) is 22.4 Å². The predicted molar refractivity (Wildman–Crippen MR) is 131 cm³/mol. The molecule has 0 spiro atoms. The zero-order valence-electron chi connectivity index (χ0n) is 17.6. The zero-order chi connectivity index (χ0) is 21.6. The Morgan fingerprint density at radius 3 is 2.19 bits per heavy atom. The summed E-state index contributed by atoms with van der Waals surface area (Å²) in [5, 5.41) is 5.40. The van der Waals surface area contributed by atoms with Crippen LogP contribution in [0.5, 0.6) is 0 Å². The van der Waals surface area contributed by atoms with E-state index in [-0.39, 0.29) is 5.91 Å². The molecular weight excluding hydrogens is 400 g/mol. The minimum Gasteiger partial charge on any atom is -0.298 e. The molecule has 1 amide bonds. The molecule has 0 atom stereocenters. The first-order valence-electron chi connectivity index (χ1n) is 10.3. The van der Waals surface area contributed by atoms with E-state index in [1.54, 1.807) is 6.08 Å². The fourth-order valence-corrected chi connectivity index (χ4v) is 3.96.